The van der Waals surface area contributed by atoms with Crippen LogP contribution < -0.4 is 5.73 Å². The minimum Gasteiger partial charge on any atom is -0.452 e. The van der Waals surface area contributed by atoms with E-state index >= 15 is 0 Å². The summed E-state index contributed by atoms with van der Waals surface area (Å²) >= 11 is 10.5. The summed E-state index contributed by atoms with van der Waals surface area (Å²) in [5.41, 5.74) is 5.76. The third kappa shape index (κ3) is 3.21. The number of halogens is 1. The number of amides is 1. The van der Waals surface area contributed by atoms with Gasteiger partial charge < -0.3 is 15.1 Å². The van der Waals surface area contributed by atoms with E-state index in [1.807, 2.05) is 6.92 Å². The Kier molecular flexibility index (Phi) is 4.76. The van der Waals surface area contributed by atoms with Gasteiger partial charge in [0.1, 0.15) is 0 Å². The van der Waals surface area contributed by atoms with Crippen molar-refractivity contribution in [2.75, 3.05) is 13.1 Å². The third-order valence-electron chi connectivity index (χ3n) is 2.15. The molecule has 0 aliphatic heterocycles. The SMILES string of the molecule is CCN(CCC(N)=S)C(=O)c1ccoc1Cl. The van der Waals surface area contributed by atoms with Crippen LogP contribution >= 0.6 is 23.8 Å². The monoisotopic (exact) mass is 260 g/mol. The highest BCUT2D eigenvalue weighted by atomic mass is 35.5. The quantitative estimate of drug-likeness (QED) is 0.824. The highest BCUT2D eigenvalue weighted by Gasteiger charge is 2.18. The minimum absolute atomic E-state index is 0.110. The Balaban J connectivity index is 2.70. The van der Waals surface area contributed by atoms with Gasteiger partial charge in [-0.05, 0) is 24.6 Å². The number of carbonyl (C=O) groups is 1. The van der Waals surface area contributed by atoms with Gasteiger partial charge in [-0.25, -0.2) is 0 Å². The van der Waals surface area contributed by atoms with E-state index in [4.69, 9.17) is 34.0 Å². The van der Waals surface area contributed by atoms with Crippen LogP contribution in [0.15, 0.2) is 16.7 Å². The molecule has 16 heavy (non-hydrogen) atoms. The zero-order valence-electron chi connectivity index (χ0n) is 8.90. The Labute approximate surface area is 104 Å². The Hall–Kier alpha value is -1.07. The molecule has 4 nitrogen and oxygen atoms in total. The second-order valence-electron chi connectivity index (χ2n) is 3.21. The summed E-state index contributed by atoms with van der Waals surface area (Å²) in [7, 11) is 0. The summed E-state index contributed by atoms with van der Waals surface area (Å²) in [6.07, 6.45) is 1.89. The summed E-state index contributed by atoms with van der Waals surface area (Å²) in [6, 6.07) is 1.55. The number of hydrogen-bond donors (Lipinski definition) is 1. The topological polar surface area (TPSA) is 59.5 Å². The van der Waals surface area contributed by atoms with Crippen molar-refractivity contribution in [2.24, 2.45) is 5.73 Å². The van der Waals surface area contributed by atoms with Crippen molar-refractivity contribution >= 4 is 34.7 Å². The maximum atomic E-state index is 12.0. The molecule has 1 aromatic heterocycles. The normalized spacial score (nSPS) is 10.1. The van der Waals surface area contributed by atoms with Gasteiger partial charge in [0, 0.05) is 19.5 Å². The average Bonchev–Trinajstić information content (AvgIpc) is 2.64. The zero-order chi connectivity index (χ0) is 12.1. The molecule has 0 unspecified atom stereocenters. The largest absolute Gasteiger partial charge is 0.452 e. The maximum Gasteiger partial charge on any atom is 0.258 e. The molecule has 0 saturated carbocycles. The standard InChI is InChI=1S/C10H13ClN2O2S/c1-2-13(5-3-8(12)16)10(14)7-4-6-15-9(7)11/h4,6H,2-3,5H2,1H3,(H2,12,16). The van der Waals surface area contributed by atoms with Gasteiger partial charge in [-0.3, -0.25) is 4.79 Å². The molecule has 2 N–H and O–H groups in total. The van der Waals surface area contributed by atoms with E-state index < -0.39 is 0 Å². The predicted octanol–water partition coefficient (Wildman–Crippen LogP) is 2.07. The van der Waals surface area contributed by atoms with E-state index in [1.54, 1.807) is 11.0 Å². The highest BCUT2D eigenvalue weighted by molar-refractivity contribution is 7.80. The lowest BCUT2D eigenvalue weighted by Crippen LogP contribution is -2.33. The number of rotatable bonds is 5. The van der Waals surface area contributed by atoms with Crippen LogP contribution in [0.4, 0.5) is 0 Å². The fraction of sp³-hybridized carbons (Fsp3) is 0.400. The highest BCUT2D eigenvalue weighted by Crippen LogP contribution is 2.18. The van der Waals surface area contributed by atoms with Crippen molar-refractivity contribution in [1.82, 2.24) is 4.90 Å². The molecular formula is C10H13ClN2O2S. The summed E-state index contributed by atoms with van der Waals surface area (Å²) in [5.74, 6) is -0.169. The fourth-order valence-electron chi connectivity index (χ4n) is 1.26. The number of carbonyl (C=O) groups excluding carboxylic acids is 1. The molecule has 0 bridgehead atoms. The Morgan fingerprint density at radius 3 is 2.81 bits per heavy atom. The van der Waals surface area contributed by atoms with E-state index in [1.165, 1.54) is 6.26 Å². The van der Waals surface area contributed by atoms with E-state index in [0.29, 0.717) is 30.1 Å². The van der Waals surface area contributed by atoms with E-state index in [9.17, 15) is 4.79 Å². The molecule has 1 aromatic rings. The molecule has 1 rings (SSSR count). The summed E-state index contributed by atoms with van der Waals surface area (Å²) < 4.78 is 4.87. The smallest absolute Gasteiger partial charge is 0.258 e. The number of nitrogens with zero attached hydrogens (tertiary/aromatic N) is 1. The molecule has 0 aromatic carbocycles. The predicted molar refractivity (Wildman–Crippen MR) is 66.7 cm³/mol. The first kappa shape index (κ1) is 13.0. The molecular weight excluding hydrogens is 248 g/mol. The Bertz CT molecular complexity index is 392. The Morgan fingerprint density at radius 1 is 1.69 bits per heavy atom. The minimum atomic E-state index is -0.169. The molecule has 0 saturated heterocycles. The number of hydrogen-bond acceptors (Lipinski definition) is 3. The first-order valence-electron chi connectivity index (χ1n) is 4.86. The van der Waals surface area contributed by atoms with Crippen LogP contribution in [-0.4, -0.2) is 28.9 Å². The van der Waals surface area contributed by atoms with Crippen molar-refractivity contribution in [3.63, 3.8) is 0 Å². The number of thiocarbonyl (C=S) groups is 1. The first-order chi connectivity index (χ1) is 7.56. The Morgan fingerprint density at radius 2 is 2.38 bits per heavy atom. The summed E-state index contributed by atoms with van der Waals surface area (Å²) in [5, 5.41) is 0.110. The molecule has 1 amide bonds. The molecule has 0 aliphatic rings. The van der Waals surface area contributed by atoms with Gasteiger partial charge in [0.05, 0.1) is 16.8 Å². The molecule has 0 radical (unpaired) electrons. The number of furan rings is 1. The lowest BCUT2D eigenvalue weighted by atomic mass is 10.2. The second-order valence-corrected chi connectivity index (χ2v) is 4.08. The van der Waals surface area contributed by atoms with Crippen molar-refractivity contribution in [2.45, 2.75) is 13.3 Å². The molecule has 0 fully saturated rings. The van der Waals surface area contributed by atoms with Crippen LogP contribution in [0, 0.1) is 0 Å². The van der Waals surface area contributed by atoms with Crippen LogP contribution in [0.5, 0.6) is 0 Å². The van der Waals surface area contributed by atoms with Gasteiger partial charge in [-0.1, -0.05) is 12.2 Å². The van der Waals surface area contributed by atoms with Gasteiger partial charge >= 0.3 is 0 Å². The van der Waals surface area contributed by atoms with Crippen molar-refractivity contribution in [1.29, 1.82) is 0 Å². The van der Waals surface area contributed by atoms with Gasteiger partial charge in [0.15, 0.2) is 0 Å². The molecule has 0 atom stereocenters. The van der Waals surface area contributed by atoms with Crippen LogP contribution in [0.2, 0.25) is 5.22 Å². The van der Waals surface area contributed by atoms with Crippen molar-refractivity contribution in [3.05, 3.63) is 23.1 Å². The van der Waals surface area contributed by atoms with Crippen molar-refractivity contribution in [3.8, 4) is 0 Å². The van der Waals surface area contributed by atoms with Gasteiger partial charge in [0.25, 0.3) is 5.91 Å². The van der Waals surface area contributed by atoms with Crippen LogP contribution in [-0.2, 0) is 0 Å². The van der Waals surface area contributed by atoms with Crippen LogP contribution in [0.3, 0.4) is 0 Å². The summed E-state index contributed by atoms with van der Waals surface area (Å²) in [6.45, 7) is 2.95. The molecule has 1 heterocycles. The maximum absolute atomic E-state index is 12.0. The summed E-state index contributed by atoms with van der Waals surface area (Å²) in [4.78, 5) is 14.0. The first-order valence-corrected chi connectivity index (χ1v) is 5.65. The fourth-order valence-corrected chi connectivity index (χ4v) is 1.55. The molecule has 88 valence electrons. The van der Waals surface area contributed by atoms with Gasteiger partial charge in [0.2, 0.25) is 5.22 Å². The lowest BCUT2D eigenvalue weighted by Gasteiger charge is -2.19. The third-order valence-corrected chi connectivity index (χ3v) is 2.64. The van der Waals surface area contributed by atoms with E-state index in [0.717, 1.165) is 0 Å². The van der Waals surface area contributed by atoms with Crippen molar-refractivity contribution < 1.29 is 9.21 Å². The van der Waals surface area contributed by atoms with Gasteiger partial charge in [-0.15, -0.1) is 0 Å². The van der Waals surface area contributed by atoms with E-state index in [2.05, 4.69) is 0 Å². The average molecular weight is 261 g/mol. The molecule has 6 heteroatoms. The number of nitrogens with two attached hydrogens (primary N) is 1. The van der Waals surface area contributed by atoms with Gasteiger partial charge in [-0.2, -0.15) is 0 Å². The zero-order valence-corrected chi connectivity index (χ0v) is 10.5. The molecule has 0 aliphatic carbocycles. The second kappa shape index (κ2) is 5.86. The van der Waals surface area contributed by atoms with E-state index in [-0.39, 0.29) is 11.1 Å². The van der Waals surface area contributed by atoms with Crippen LogP contribution in [0.1, 0.15) is 23.7 Å². The van der Waals surface area contributed by atoms with Crippen LogP contribution in [0.25, 0.3) is 0 Å². The molecule has 0 spiro atoms. The lowest BCUT2D eigenvalue weighted by molar-refractivity contribution is 0.0768.